The number of nitrogens with zero attached hydrogens (tertiary/aromatic N) is 1. The summed E-state index contributed by atoms with van der Waals surface area (Å²) in [6.07, 6.45) is 5.72. The number of fused-ring (bicyclic) bond motifs is 12. The van der Waals surface area contributed by atoms with Gasteiger partial charge >= 0.3 is 0 Å². The molecule has 0 aromatic heterocycles. The van der Waals surface area contributed by atoms with E-state index in [9.17, 15) is 0 Å². The highest BCUT2D eigenvalue weighted by atomic mass is 15.1. The summed E-state index contributed by atoms with van der Waals surface area (Å²) in [5.74, 6) is 3.30. The van der Waals surface area contributed by atoms with E-state index in [-0.39, 0.29) is 21.7 Å². The molecule has 9 aromatic carbocycles. The lowest BCUT2D eigenvalue weighted by atomic mass is 9.27. The first-order valence-corrected chi connectivity index (χ1v) is 27.8. The van der Waals surface area contributed by atoms with Crippen LogP contribution in [0.4, 0.5) is 17.1 Å². The predicted molar refractivity (Wildman–Crippen MR) is 311 cm³/mol. The van der Waals surface area contributed by atoms with Crippen molar-refractivity contribution in [3.8, 4) is 55.6 Å². The van der Waals surface area contributed by atoms with Gasteiger partial charge in [-0.15, -0.1) is 0 Å². The van der Waals surface area contributed by atoms with Crippen LogP contribution in [0.3, 0.4) is 0 Å². The van der Waals surface area contributed by atoms with E-state index in [2.05, 4.69) is 248 Å². The predicted octanol–water partition coefficient (Wildman–Crippen LogP) is 19.5. The quantitative estimate of drug-likeness (QED) is 0.161. The average Bonchev–Trinajstić information content (AvgIpc) is 4.25. The van der Waals surface area contributed by atoms with Crippen LogP contribution in [-0.2, 0) is 21.7 Å². The van der Waals surface area contributed by atoms with E-state index in [4.69, 9.17) is 0 Å². The number of anilines is 3. The second kappa shape index (κ2) is 15.1. The third kappa shape index (κ3) is 5.82. The van der Waals surface area contributed by atoms with E-state index in [0.717, 1.165) is 23.7 Å². The Morgan fingerprint density at radius 2 is 1.01 bits per heavy atom. The Labute approximate surface area is 439 Å². The molecule has 6 aliphatic rings. The highest BCUT2D eigenvalue weighted by molar-refractivity contribution is 6.09. The summed E-state index contributed by atoms with van der Waals surface area (Å²) in [5, 5.41) is 2.55. The number of rotatable bonds is 6. The minimum absolute atomic E-state index is 0.00179. The third-order valence-corrected chi connectivity index (χ3v) is 20.2. The van der Waals surface area contributed by atoms with Crippen molar-refractivity contribution in [1.29, 1.82) is 0 Å². The Kier molecular flexibility index (Phi) is 9.08. The fourth-order valence-corrected chi connectivity index (χ4v) is 17.1. The zero-order chi connectivity index (χ0) is 50.3. The van der Waals surface area contributed by atoms with Crippen molar-refractivity contribution in [2.24, 2.45) is 29.1 Å². The van der Waals surface area contributed by atoms with E-state index in [1.807, 2.05) is 0 Å². The van der Waals surface area contributed by atoms with Gasteiger partial charge in [0.2, 0.25) is 0 Å². The minimum atomic E-state index is -0.138. The van der Waals surface area contributed by atoms with Gasteiger partial charge in [0.1, 0.15) is 0 Å². The van der Waals surface area contributed by atoms with Gasteiger partial charge in [0.25, 0.3) is 0 Å². The molecule has 74 heavy (non-hydrogen) atoms. The van der Waals surface area contributed by atoms with Gasteiger partial charge in [-0.1, -0.05) is 213 Å². The highest BCUT2D eigenvalue weighted by Gasteiger charge is 2.84. The summed E-state index contributed by atoms with van der Waals surface area (Å²) < 4.78 is 0. The molecule has 0 radical (unpaired) electrons. The lowest BCUT2D eigenvalue weighted by Gasteiger charge is -2.76. The molecule has 0 saturated heterocycles. The molecule has 1 heteroatoms. The highest BCUT2D eigenvalue weighted by Crippen LogP contribution is 2.89. The molecule has 0 aliphatic heterocycles. The lowest BCUT2D eigenvalue weighted by molar-refractivity contribution is -0.231. The van der Waals surface area contributed by atoms with Crippen molar-refractivity contribution in [2.45, 2.75) is 103 Å². The van der Waals surface area contributed by atoms with Crippen molar-refractivity contribution in [2.75, 3.05) is 4.90 Å². The zero-order valence-corrected chi connectivity index (χ0v) is 44.5. The van der Waals surface area contributed by atoms with Gasteiger partial charge < -0.3 is 4.90 Å². The third-order valence-electron chi connectivity index (χ3n) is 20.2. The molecule has 2 spiro atoms. The molecule has 9 aromatic rings. The first-order valence-electron chi connectivity index (χ1n) is 27.8. The molecule has 6 atom stereocenters. The molecule has 1 nitrogen and oxygen atoms in total. The van der Waals surface area contributed by atoms with Gasteiger partial charge in [0.05, 0.1) is 5.69 Å². The van der Waals surface area contributed by atoms with Crippen LogP contribution in [0.2, 0.25) is 0 Å². The van der Waals surface area contributed by atoms with Gasteiger partial charge in [0, 0.05) is 27.8 Å². The van der Waals surface area contributed by atoms with E-state index in [0.29, 0.717) is 5.41 Å². The van der Waals surface area contributed by atoms with Crippen LogP contribution in [0.15, 0.2) is 188 Å². The largest absolute Gasteiger partial charge is 0.310 e. The van der Waals surface area contributed by atoms with Gasteiger partial charge in [-0.2, -0.15) is 0 Å². The summed E-state index contributed by atoms with van der Waals surface area (Å²) in [7, 11) is 0. The van der Waals surface area contributed by atoms with E-state index < -0.39 is 0 Å². The molecule has 0 amide bonds. The van der Waals surface area contributed by atoms with Crippen molar-refractivity contribution in [3.63, 3.8) is 0 Å². The molecule has 4 saturated carbocycles. The maximum atomic E-state index is 2.69. The molecule has 364 valence electrons. The van der Waals surface area contributed by atoms with Gasteiger partial charge in [0.15, 0.2) is 0 Å². The van der Waals surface area contributed by atoms with Crippen molar-refractivity contribution < 1.29 is 0 Å². The molecule has 0 N–H and O–H groups in total. The van der Waals surface area contributed by atoms with Crippen LogP contribution < -0.4 is 4.90 Å². The van der Waals surface area contributed by atoms with Crippen molar-refractivity contribution >= 4 is 27.8 Å². The number of benzene rings is 9. The normalized spacial score (nSPS) is 23.9. The maximum Gasteiger partial charge on any atom is 0.0540 e. The Morgan fingerprint density at radius 1 is 0.432 bits per heavy atom. The molecule has 4 fully saturated rings. The molecule has 2 bridgehead atoms. The Hall–Kier alpha value is -6.96. The summed E-state index contributed by atoms with van der Waals surface area (Å²) in [5.41, 5.74) is 26.1. The first-order chi connectivity index (χ1) is 35.7. The first kappa shape index (κ1) is 44.5. The smallest absolute Gasteiger partial charge is 0.0540 e. The second-order valence-electron chi connectivity index (χ2n) is 26.1. The molecule has 6 unspecified atom stereocenters. The van der Waals surface area contributed by atoms with E-state index in [1.165, 1.54) is 131 Å². The fraction of sp³-hybridized carbons (Fsp3) is 0.288. The van der Waals surface area contributed by atoms with Crippen LogP contribution in [0, 0.1) is 29.1 Å². The monoisotopic (exact) mass is 958 g/mol. The van der Waals surface area contributed by atoms with Crippen LogP contribution >= 0.6 is 0 Å². The summed E-state index contributed by atoms with van der Waals surface area (Å²) in [6, 6.07) is 73.4. The van der Waals surface area contributed by atoms with Crippen LogP contribution in [0.1, 0.15) is 114 Å². The number of para-hydroxylation sites is 1. The Bertz CT molecular complexity index is 3810. The standard InChI is InChI=1S/C73H67N/c1-69(2,3)48-37-47(38-49(40-48)70(4,5)6)53-26-16-19-45-20-17-28-59(67(45)53)58-25-11-14-32-64(58)74(51-22-15-21-46(39-51)54-27-18-29-60-56-24-9-12-30-61(56)71(7,8)68(54)60)52-33-34-57-55-23-10-13-31-62(55)73(63(57)42-52)65-36-44-35-50-41-66(73)72(50,65)43-44/h9-34,37-40,42,44,50,65-66H,35-36,41,43H2,1-8H3. The van der Waals surface area contributed by atoms with E-state index in [1.54, 1.807) is 11.1 Å². The summed E-state index contributed by atoms with van der Waals surface area (Å²) in [6.45, 7) is 18.9. The number of hydrogen-bond donors (Lipinski definition) is 0. The minimum Gasteiger partial charge on any atom is -0.310 e. The maximum absolute atomic E-state index is 2.69. The van der Waals surface area contributed by atoms with Crippen LogP contribution in [-0.4, -0.2) is 0 Å². The van der Waals surface area contributed by atoms with Crippen LogP contribution in [0.5, 0.6) is 0 Å². The summed E-state index contributed by atoms with van der Waals surface area (Å²) >= 11 is 0. The Balaban J connectivity index is 0.960. The number of hydrogen-bond acceptors (Lipinski definition) is 1. The fourth-order valence-electron chi connectivity index (χ4n) is 17.1. The second-order valence-corrected chi connectivity index (χ2v) is 26.1. The van der Waals surface area contributed by atoms with Crippen molar-refractivity contribution in [1.82, 2.24) is 0 Å². The molecule has 0 heterocycles. The lowest BCUT2D eigenvalue weighted by Crippen LogP contribution is -2.73. The summed E-state index contributed by atoms with van der Waals surface area (Å²) in [4.78, 5) is 2.64. The van der Waals surface area contributed by atoms with Gasteiger partial charge in [-0.3, -0.25) is 0 Å². The zero-order valence-electron chi connectivity index (χ0n) is 44.5. The Morgan fingerprint density at radius 3 is 1.76 bits per heavy atom. The van der Waals surface area contributed by atoms with Crippen LogP contribution in [0.25, 0.3) is 66.4 Å². The molecular formula is C73H67N. The SMILES string of the molecule is CC(C)(C)c1cc(-c2cccc3cccc(-c4ccccc4N(c4cccc(-c5cccc6c5C(C)(C)c5ccccc5-6)c4)c4ccc5c(c4)C4(c6ccccc6-5)C5CC6CC7CC4C75C6)c23)cc(C(C)(C)C)c1. The molecule has 6 aliphatic carbocycles. The van der Waals surface area contributed by atoms with Gasteiger partial charge in [-0.05, 0) is 190 Å². The average molecular weight is 958 g/mol. The topological polar surface area (TPSA) is 3.24 Å². The molecular weight excluding hydrogens is 891 g/mol. The molecule has 15 rings (SSSR count). The van der Waals surface area contributed by atoms with E-state index >= 15 is 0 Å². The van der Waals surface area contributed by atoms with Crippen molar-refractivity contribution in [3.05, 3.63) is 221 Å². The van der Waals surface area contributed by atoms with Gasteiger partial charge in [-0.25, -0.2) is 0 Å².